The Morgan fingerprint density at radius 1 is 1.28 bits per heavy atom. The van der Waals surface area contributed by atoms with Gasteiger partial charge in [0.25, 0.3) is 5.91 Å². The third-order valence-electron chi connectivity index (χ3n) is 5.11. The van der Waals surface area contributed by atoms with Gasteiger partial charge in [-0.15, -0.1) is 0 Å². The van der Waals surface area contributed by atoms with Crippen molar-refractivity contribution in [2.24, 2.45) is 7.05 Å². The molecule has 2 aromatic rings. The van der Waals surface area contributed by atoms with E-state index in [-0.39, 0.29) is 11.5 Å². The normalized spacial score (nSPS) is 23.9. The maximum Gasteiger partial charge on any atom is 0.270 e. The zero-order valence-electron chi connectivity index (χ0n) is 14.5. The maximum absolute atomic E-state index is 12.9. The molecule has 2 fully saturated rings. The van der Waals surface area contributed by atoms with Gasteiger partial charge in [0.1, 0.15) is 17.1 Å². The Balaban J connectivity index is 1.51. The summed E-state index contributed by atoms with van der Waals surface area (Å²) in [5.41, 5.74) is 0.396. The van der Waals surface area contributed by atoms with E-state index in [2.05, 4.69) is 14.9 Å². The van der Waals surface area contributed by atoms with Crippen molar-refractivity contribution in [1.29, 1.82) is 0 Å². The molecule has 25 heavy (non-hydrogen) atoms. The first-order chi connectivity index (χ1) is 12.2. The minimum Gasteiger partial charge on any atom is -0.369 e. The summed E-state index contributed by atoms with van der Waals surface area (Å²) in [4.78, 5) is 25.6. The number of hydrogen-bond acceptors (Lipinski definition) is 5. The van der Waals surface area contributed by atoms with Gasteiger partial charge in [-0.05, 0) is 25.0 Å². The highest BCUT2D eigenvalue weighted by molar-refractivity contribution is 5.92. The monoisotopic (exact) mass is 341 g/mol. The zero-order chi connectivity index (χ0) is 17.3. The van der Waals surface area contributed by atoms with Gasteiger partial charge in [-0.25, -0.2) is 4.98 Å². The molecule has 0 aromatic carbocycles. The molecule has 0 bridgehead atoms. The molecule has 0 N–H and O–H groups in total. The Morgan fingerprint density at radius 3 is 2.96 bits per heavy atom. The number of morpholine rings is 1. The number of aromatic nitrogens is 3. The van der Waals surface area contributed by atoms with E-state index in [0.717, 1.165) is 37.4 Å². The van der Waals surface area contributed by atoms with Crippen molar-refractivity contribution in [3.63, 3.8) is 0 Å². The van der Waals surface area contributed by atoms with Crippen LogP contribution in [0.5, 0.6) is 0 Å². The van der Waals surface area contributed by atoms with Gasteiger partial charge in [0.05, 0.1) is 25.9 Å². The highest BCUT2D eigenvalue weighted by atomic mass is 16.5. The molecule has 7 nitrogen and oxygen atoms in total. The van der Waals surface area contributed by atoms with Gasteiger partial charge in [0, 0.05) is 38.7 Å². The fourth-order valence-corrected chi connectivity index (χ4v) is 3.86. The minimum atomic E-state index is -0.325. The van der Waals surface area contributed by atoms with Crippen LogP contribution in [0.3, 0.4) is 0 Å². The Kier molecular flexibility index (Phi) is 4.17. The van der Waals surface area contributed by atoms with E-state index in [1.54, 1.807) is 18.6 Å². The molecule has 1 atom stereocenters. The van der Waals surface area contributed by atoms with Gasteiger partial charge in [-0.3, -0.25) is 9.78 Å². The van der Waals surface area contributed by atoms with Crippen molar-refractivity contribution < 1.29 is 9.53 Å². The van der Waals surface area contributed by atoms with Crippen LogP contribution in [0.2, 0.25) is 0 Å². The van der Waals surface area contributed by atoms with Crippen molar-refractivity contribution in [3.05, 3.63) is 42.6 Å². The molecule has 132 valence electrons. The summed E-state index contributed by atoms with van der Waals surface area (Å²) >= 11 is 0. The lowest BCUT2D eigenvalue weighted by Gasteiger charge is -2.48. The highest BCUT2D eigenvalue weighted by Gasteiger charge is 2.42. The van der Waals surface area contributed by atoms with Crippen LogP contribution < -0.4 is 4.90 Å². The number of hydrogen-bond donors (Lipinski definition) is 0. The number of anilines is 1. The predicted octanol–water partition coefficient (Wildman–Crippen LogP) is 1.33. The van der Waals surface area contributed by atoms with E-state index in [4.69, 9.17) is 4.74 Å². The third-order valence-corrected chi connectivity index (χ3v) is 5.11. The van der Waals surface area contributed by atoms with Gasteiger partial charge in [0.15, 0.2) is 0 Å². The third kappa shape index (κ3) is 3.11. The summed E-state index contributed by atoms with van der Waals surface area (Å²) in [6.07, 6.45) is 9.06. The number of nitrogens with zero attached hydrogens (tertiary/aromatic N) is 5. The summed E-state index contributed by atoms with van der Waals surface area (Å²) in [5.74, 6) is 0.947. The highest BCUT2D eigenvalue weighted by Crippen LogP contribution is 2.31. The second-order valence-corrected chi connectivity index (χ2v) is 6.85. The second kappa shape index (κ2) is 6.48. The van der Waals surface area contributed by atoms with E-state index in [1.807, 2.05) is 34.8 Å². The van der Waals surface area contributed by atoms with E-state index in [9.17, 15) is 4.79 Å². The lowest BCUT2D eigenvalue weighted by atomic mass is 9.90. The number of carbonyl (C=O) groups excluding carboxylic acids is 1. The molecule has 2 saturated heterocycles. The SMILES string of the molecule is Cn1cccc1C(=O)N1CCO[C@@]2(CCCN(c3cnccn3)C2)C1. The number of aryl methyl sites for hydroxylation is 1. The van der Waals surface area contributed by atoms with E-state index in [0.29, 0.717) is 19.7 Å². The minimum absolute atomic E-state index is 0.0757. The maximum atomic E-state index is 12.9. The standard InChI is InChI=1S/C18H23N5O2/c1-21-8-2-4-15(21)17(24)23-10-11-25-18(14-23)5-3-9-22(13-18)16-12-19-6-7-20-16/h2,4,6-8,12H,3,5,9-11,13-14H2,1H3/t18-/m1/s1. The van der Waals surface area contributed by atoms with Crippen molar-refractivity contribution >= 4 is 11.7 Å². The summed E-state index contributed by atoms with van der Waals surface area (Å²) in [5, 5.41) is 0. The molecule has 7 heteroatoms. The predicted molar refractivity (Wildman–Crippen MR) is 93.5 cm³/mol. The molecule has 1 amide bonds. The van der Waals surface area contributed by atoms with Crippen molar-refractivity contribution in [1.82, 2.24) is 19.4 Å². The molecule has 2 aliphatic heterocycles. The molecular weight excluding hydrogens is 318 g/mol. The van der Waals surface area contributed by atoms with E-state index in [1.165, 1.54) is 0 Å². The molecule has 0 radical (unpaired) electrons. The number of rotatable bonds is 2. The number of ether oxygens (including phenoxy) is 1. The summed E-state index contributed by atoms with van der Waals surface area (Å²) < 4.78 is 8.07. The lowest BCUT2D eigenvalue weighted by Crippen LogP contribution is -2.61. The number of carbonyl (C=O) groups is 1. The average molecular weight is 341 g/mol. The Hall–Kier alpha value is -2.41. The largest absolute Gasteiger partial charge is 0.369 e. The Labute approximate surface area is 147 Å². The van der Waals surface area contributed by atoms with Crippen LogP contribution in [0.1, 0.15) is 23.3 Å². The van der Waals surface area contributed by atoms with Crippen molar-refractivity contribution in [2.75, 3.05) is 37.7 Å². The zero-order valence-corrected chi connectivity index (χ0v) is 14.5. The molecule has 4 rings (SSSR count). The smallest absolute Gasteiger partial charge is 0.270 e. The Bertz CT molecular complexity index is 743. The second-order valence-electron chi connectivity index (χ2n) is 6.85. The molecule has 2 aromatic heterocycles. The van der Waals surface area contributed by atoms with Crippen LogP contribution in [-0.2, 0) is 11.8 Å². The number of piperidine rings is 1. The lowest BCUT2D eigenvalue weighted by molar-refractivity contribution is -0.105. The average Bonchev–Trinajstić information content (AvgIpc) is 3.08. The van der Waals surface area contributed by atoms with Crippen LogP contribution in [-0.4, -0.2) is 63.7 Å². The van der Waals surface area contributed by atoms with Gasteiger partial charge in [0.2, 0.25) is 0 Å². The van der Waals surface area contributed by atoms with Crippen LogP contribution in [0, 0.1) is 0 Å². The summed E-state index contributed by atoms with van der Waals surface area (Å²) in [6.45, 7) is 3.51. The van der Waals surface area contributed by atoms with Crippen molar-refractivity contribution in [2.45, 2.75) is 18.4 Å². The molecule has 0 aliphatic carbocycles. The van der Waals surface area contributed by atoms with Crippen LogP contribution in [0.4, 0.5) is 5.82 Å². The topological polar surface area (TPSA) is 63.5 Å². The van der Waals surface area contributed by atoms with Crippen molar-refractivity contribution in [3.8, 4) is 0 Å². The molecular formula is C18H23N5O2. The first-order valence-corrected chi connectivity index (χ1v) is 8.72. The van der Waals surface area contributed by atoms with Gasteiger partial charge >= 0.3 is 0 Å². The van der Waals surface area contributed by atoms with Crippen LogP contribution in [0.25, 0.3) is 0 Å². The first-order valence-electron chi connectivity index (χ1n) is 8.72. The van der Waals surface area contributed by atoms with Crippen LogP contribution >= 0.6 is 0 Å². The fraction of sp³-hybridized carbons (Fsp3) is 0.500. The fourth-order valence-electron chi connectivity index (χ4n) is 3.86. The van der Waals surface area contributed by atoms with E-state index >= 15 is 0 Å². The van der Waals surface area contributed by atoms with Gasteiger partial charge in [-0.2, -0.15) is 0 Å². The van der Waals surface area contributed by atoms with Gasteiger partial charge < -0.3 is 19.1 Å². The molecule has 4 heterocycles. The molecule has 2 aliphatic rings. The summed E-state index contributed by atoms with van der Waals surface area (Å²) in [7, 11) is 1.90. The quantitative estimate of drug-likeness (QED) is 0.824. The van der Waals surface area contributed by atoms with E-state index < -0.39 is 0 Å². The molecule has 1 spiro atoms. The van der Waals surface area contributed by atoms with Gasteiger partial charge in [-0.1, -0.05) is 0 Å². The molecule has 0 unspecified atom stereocenters. The van der Waals surface area contributed by atoms with Crippen LogP contribution in [0.15, 0.2) is 36.9 Å². The Morgan fingerprint density at radius 2 is 2.20 bits per heavy atom. The molecule has 0 saturated carbocycles. The summed E-state index contributed by atoms with van der Waals surface area (Å²) in [6, 6.07) is 3.77. The number of amides is 1. The first kappa shape index (κ1) is 16.1.